The first-order chi connectivity index (χ1) is 2.39. The molecule has 3 heteroatoms. The van der Waals surface area contributed by atoms with Gasteiger partial charge in [-0.05, 0) is 0 Å². The monoisotopic (exact) mass is 94.0 g/mol. The fourth-order valence-electron chi connectivity index (χ4n) is 0.191. The molecule has 6 heavy (non-hydrogen) atoms. The van der Waals surface area contributed by atoms with Crippen molar-refractivity contribution in [3.8, 4) is 0 Å². The van der Waals surface area contributed by atoms with Crippen molar-refractivity contribution in [3.63, 3.8) is 0 Å². The van der Waals surface area contributed by atoms with Crippen molar-refractivity contribution in [1.82, 2.24) is 0 Å². The SMILES string of the molecule is O=[P+]1C=CC1.[Li]. The van der Waals surface area contributed by atoms with Gasteiger partial charge in [0.25, 0.3) is 0 Å². The first-order valence-electron chi connectivity index (χ1n) is 1.50. The first kappa shape index (κ1) is 6.44. The summed E-state index contributed by atoms with van der Waals surface area (Å²) in [5, 5.41) is 0. The van der Waals surface area contributed by atoms with Gasteiger partial charge in [-0.1, -0.05) is 4.57 Å². The number of allylic oxidation sites excluding steroid dienone is 1. The molecule has 0 aromatic rings. The summed E-state index contributed by atoms with van der Waals surface area (Å²) in [6.07, 6.45) is 2.73. The molecule has 0 aliphatic carbocycles. The Hall–Kier alpha value is 0.437. The molecule has 1 rings (SSSR count). The van der Waals surface area contributed by atoms with Crippen molar-refractivity contribution in [2.45, 2.75) is 0 Å². The molecule has 0 N–H and O–H groups in total. The maximum absolute atomic E-state index is 9.96. The van der Waals surface area contributed by atoms with Crippen LogP contribution >= 0.6 is 7.80 Å². The van der Waals surface area contributed by atoms with E-state index >= 15 is 0 Å². The Bertz CT molecular complexity index is 88.8. The van der Waals surface area contributed by atoms with Crippen LogP contribution in [0.5, 0.6) is 0 Å². The second kappa shape index (κ2) is 2.58. The number of rotatable bonds is 0. The molecule has 0 amide bonds. The summed E-state index contributed by atoms with van der Waals surface area (Å²) < 4.78 is 9.96. The molecule has 0 spiro atoms. The maximum Gasteiger partial charge on any atom is 0.373 e. The molecule has 1 unspecified atom stereocenters. The summed E-state index contributed by atoms with van der Waals surface area (Å²) in [5.41, 5.74) is 0. The zero-order valence-electron chi connectivity index (χ0n) is 3.72. The van der Waals surface area contributed by atoms with E-state index in [1.54, 1.807) is 5.82 Å². The van der Waals surface area contributed by atoms with Crippen molar-refractivity contribution in [1.29, 1.82) is 0 Å². The summed E-state index contributed by atoms with van der Waals surface area (Å²) in [6, 6.07) is 0. The van der Waals surface area contributed by atoms with Crippen molar-refractivity contribution >= 4 is 26.7 Å². The molecule has 1 aliphatic heterocycles. The van der Waals surface area contributed by atoms with Gasteiger partial charge in [0.1, 0.15) is 0 Å². The van der Waals surface area contributed by atoms with Gasteiger partial charge in [-0.2, -0.15) is 0 Å². The van der Waals surface area contributed by atoms with Crippen LogP contribution in [0.3, 0.4) is 0 Å². The molecule has 0 bridgehead atoms. The molecule has 27 valence electrons. The Morgan fingerprint density at radius 1 is 1.67 bits per heavy atom. The van der Waals surface area contributed by atoms with Crippen LogP contribution in [0.2, 0.25) is 0 Å². The number of hydrogen-bond acceptors (Lipinski definition) is 1. The van der Waals surface area contributed by atoms with Gasteiger partial charge in [0.05, 0.1) is 0 Å². The predicted molar refractivity (Wildman–Crippen MR) is 27.4 cm³/mol. The Labute approximate surface area is 49.8 Å². The van der Waals surface area contributed by atoms with E-state index in [1.807, 2.05) is 6.08 Å². The van der Waals surface area contributed by atoms with Crippen LogP contribution in [0.25, 0.3) is 0 Å². The van der Waals surface area contributed by atoms with Crippen molar-refractivity contribution in [2.75, 3.05) is 6.16 Å². The Morgan fingerprint density at radius 2 is 2.00 bits per heavy atom. The molecule has 1 radical (unpaired) electrons. The Balaban J connectivity index is 0.000000250. The van der Waals surface area contributed by atoms with Crippen LogP contribution in [0.1, 0.15) is 0 Å². The number of hydrogen-bond donors (Lipinski definition) is 0. The van der Waals surface area contributed by atoms with Crippen molar-refractivity contribution < 1.29 is 4.57 Å². The van der Waals surface area contributed by atoms with Gasteiger partial charge in [0.2, 0.25) is 0 Å². The van der Waals surface area contributed by atoms with E-state index in [2.05, 4.69) is 0 Å². The summed E-state index contributed by atoms with van der Waals surface area (Å²) in [6.45, 7) is 0. The van der Waals surface area contributed by atoms with E-state index in [1.165, 1.54) is 0 Å². The van der Waals surface area contributed by atoms with Crippen LogP contribution in [0.4, 0.5) is 0 Å². The molecule has 1 heterocycles. The van der Waals surface area contributed by atoms with Gasteiger partial charge in [-0.25, -0.2) is 0 Å². The predicted octanol–water partition coefficient (Wildman–Crippen LogP) is 0.960. The van der Waals surface area contributed by atoms with Gasteiger partial charge >= 0.3 is 7.80 Å². The summed E-state index contributed by atoms with van der Waals surface area (Å²) >= 11 is 0. The van der Waals surface area contributed by atoms with E-state index in [-0.39, 0.29) is 18.9 Å². The van der Waals surface area contributed by atoms with Gasteiger partial charge in [0.15, 0.2) is 12.0 Å². The Morgan fingerprint density at radius 3 is 2.00 bits per heavy atom. The minimum absolute atomic E-state index is 0. The largest absolute Gasteiger partial charge is 0.373 e. The topological polar surface area (TPSA) is 17.1 Å². The van der Waals surface area contributed by atoms with Crippen molar-refractivity contribution in [2.24, 2.45) is 0 Å². The molecular weight excluding hydrogens is 89.9 g/mol. The molecule has 0 aromatic carbocycles. The molecule has 1 atom stereocenters. The quantitative estimate of drug-likeness (QED) is 0.322. The van der Waals surface area contributed by atoms with Gasteiger partial charge in [-0.15, -0.1) is 0 Å². The smallest absolute Gasteiger partial charge is 0.0684 e. The zero-order chi connectivity index (χ0) is 3.70. The zero-order valence-corrected chi connectivity index (χ0v) is 4.61. The molecule has 1 aliphatic rings. The van der Waals surface area contributed by atoms with Crippen molar-refractivity contribution in [3.05, 3.63) is 11.9 Å². The molecule has 1 nitrogen and oxygen atoms in total. The third-order valence-corrected chi connectivity index (χ3v) is 1.67. The average molecular weight is 94.0 g/mol. The molecular formula is C3H4LiOP+. The summed E-state index contributed by atoms with van der Waals surface area (Å²) in [7, 11) is -0.848. The molecule has 0 saturated carbocycles. The second-order valence-corrected chi connectivity index (χ2v) is 2.48. The second-order valence-electron chi connectivity index (χ2n) is 0.984. The minimum atomic E-state index is -0.848. The molecule has 0 aromatic heterocycles. The van der Waals surface area contributed by atoms with E-state index in [9.17, 15) is 4.57 Å². The summed E-state index contributed by atoms with van der Waals surface area (Å²) in [4.78, 5) is 0. The van der Waals surface area contributed by atoms with E-state index < -0.39 is 7.80 Å². The van der Waals surface area contributed by atoms with E-state index in [0.717, 1.165) is 6.16 Å². The van der Waals surface area contributed by atoms with Crippen LogP contribution in [-0.2, 0) is 4.57 Å². The summed E-state index contributed by atoms with van der Waals surface area (Å²) in [5.74, 6) is 1.73. The van der Waals surface area contributed by atoms with E-state index in [4.69, 9.17) is 0 Å². The third kappa shape index (κ3) is 1.27. The van der Waals surface area contributed by atoms with Gasteiger partial charge in [-0.3, -0.25) is 0 Å². The average Bonchev–Trinajstić information content (AvgIpc) is 1.30. The standard InChI is InChI=1S/C3H4OP.Li/c4-5-2-1-3-5;/h1-2H,3H2;/q+1;. The van der Waals surface area contributed by atoms with Gasteiger partial charge < -0.3 is 0 Å². The molecule has 0 saturated heterocycles. The van der Waals surface area contributed by atoms with Gasteiger partial charge in [0, 0.05) is 24.9 Å². The normalized spacial score (nSPS) is 21.7. The van der Waals surface area contributed by atoms with E-state index in [0.29, 0.717) is 0 Å². The Kier molecular flexibility index (Phi) is 2.77. The van der Waals surface area contributed by atoms with Crippen LogP contribution in [0.15, 0.2) is 11.9 Å². The minimum Gasteiger partial charge on any atom is -0.0684 e. The third-order valence-electron chi connectivity index (χ3n) is 0.557. The fraction of sp³-hybridized carbons (Fsp3) is 0.333. The molecule has 0 fully saturated rings. The van der Waals surface area contributed by atoms with Crippen LogP contribution in [-0.4, -0.2) is 25.0 Å². The maximum atomic E-state index is 9.96. The fourth-order valence-corrected chi connectivity index (χ4v) is 0.574. The first-order valence-corrected chi connectivity index (χ1v) is 3.01. The van der Waals surface area contributed by atoms with Crippen LogP contribution in [0, 0.1) is 0 Å². The van der Waals surface area contributed by atoms with Crippen LogP contribution < -0.4 is 0 Å².